The number of carbonyl (C=O) groups excluding carboxylic acids is 2. The quantitative estimate of drug-likeness (QED) is 0.123. The van der Waals surface area contributed by atoms with Gasteiger partial charge in [-0.3, -0.25) is 0 Å². The largest absolute Gasteiger partial charge is 0.479 e. The summed E-state index contributed by atoms with van der Waals surface area (Å²) in [4.78, 5) is 47.3. The van der Waals surface area contributed by atoms with Crippen LogP contribution in [0.1, 0.15) is 47.2 Å². The van der Waals surface area contributed by atoms with Crippen LogP contribution in [0.5, 0.6) is 0 Å². The Labute approximate surface area is 275 Å². The minimum atomic E-state index is -2.27. The number of benzene rings is 2. The highest BCUT2D eigenvalue weighted by Crippen LogP contribution is 2.30. The number of carboxylic acids is 2. The first kappa shape index (κ1) is 41.9. The maximum Gasteiger partial charge on any atom is 0.356 e. The molecule has 0 unspecified atom stereocenters. The standard InChI is InChI=1S/2C11H15NO.C4H8N2O6.C4H6O6/c2*1-12-11-9-5-3-2-4-8(9)6-7-10(11)13;5-11-3(9)1(7)2(8)4(10)12-6;5-1(3(7)8)2(6)4(9)10/h2*2-5,10-13H,6-7H2,1H3;1-2,7-8H,5-6H2;1-2,5-6H,(H,7,8)(H,9,10)/t2*10-,11-;2*1-,2-/m1111/s1. The van der Waals surface area contributed by atoms with E-state index in [1.807, 2.05) is 26.2 Å². The van der Waals surface area contributed by atoms with Crippen LogP contribution in [0.25, 0.3) is 0 Å². The smallest absolute Gasteiger partial charge is 0.356 e. The number of aryl methyl sites for hydroxylation is 2. The van der Waals surface area contributed by atoms with E-state index in [0.29, 0.717) is 0 Å². The molecule has 268 valence electrons. The lowest BCUT2D eigenvalue weighted by atomic mass is 9.86. The van der Waals surface area contributed by atoms with Crippen molar-refractivity contribution in [1.29, 1.82) is 0 Å². The summed E-state index contributed by atoms with van der Waals surface area (Å²) in [6, 6.07) is 16.9. The lowest BCUT2D eigenvalue weighted by molar-refractivity contribution is -0.173. The molecule has 2 aromatic rings. The maximum atomic E-state index is 10.4. The van der Waals surface area contributed by atoms with Crippen LogP contribution in [-0.2, 0) is 41.7 Å². The number of rotatable bonds is 8. The Morgan fingerprint density at radius 3 is 1.23 bits per heavy atom. The van der Waals surface area contributed by atoms with Crippen molar-refractivity contribution >= 4 is 23.9 Å². The second-order valence-electron chi connectivity index (χ2n) is 10.5. The molecule has 8 atom stereocenters. The van der Waals surface area contributed by atoms with Gasteiger partial charge in [0.05, 0.1) is 24.3 Å². The minimum Gasteiger partial charge on any atom is -0.479 e. The second kappa shape index (κ2) is 21.0. The average Bonchev–Trinajstić information content (AvgIpc) is 3.10. The van der Waals surface area contributed by atoms with Crippen LogP contribution in [0.2, 0.25) is 0 Å². The van der Waals surface area contributed by atoms with Crippen molar-refractivity contribution < 1.29 is 69.7 Å². The molecule has 2 aliphatic rings. The molecule has 0 aliphatic heterocycles. The zero-order valence-electron chi connectivity index (χ0n) is 26.2. The number of hydrogen-bond acceptors (Lipinski definition) is 16. The van der Waals surface area contributed by atoms with Crippen molar-refractivity contribution in [3.05, 3.63) is 70.8 Å². The van der Waals surface area contributed by atoms with E-state index in [2.05, 4.69) is 68.5 Å². The fraction of sp³-hybridized carbons (Fsp3) is 0.467. The third kappa shape index (κ3) is 12.2. The number of aliphatic hydroxyl groups excluding tert-OH is 6. The Hall–Kier alpha value is -4.08. The van der Waals surface area contributed by atoms with Gasteiger partial charge in [0, 0.05) is 0 Å². The van der Waals surface area contributed by atoms with Gasteiger partial charge in [0.2, 0.25) is 0 Å². The maximum absolute atomic E-state index is 10.4. The SMILES string of the molecule is CN[C@@H]1c2ccccc2CC[C@H]1O.CN[C@@H]1c2ccccc2CC[C@H]1O.NOC(=O)[C@H](O)[C@@H](O)C(=O)ON.O=C(O)[C@H](O)[C@@H](O)C(=O)O. The number of nitrogens with two attached hydrogens (primary N) is 2. The molecule has 0 radical (unpaired) electrons. The predicted octanol–water partition coefficient (Wildman–Crippen LogP) is -3.07. The number of likely N-dealkylation sites (N-methyl/N-ethyl adjacent to an activating group) is 2. The molecule has 2 aromatic carbocycles. The molecule has 0 spiro atoms. The van der Waals surface area contributed by atoms with Crippen LogP contribution >= 0.6 is 0 Å². The lowest BCUT2D eigenvalue weighted by Crippen LogP contribution is -2.43. The first-order valence-corrected chi connectivity index (χ1v) is 14.5. The van der Waals surface area contributed by atoms with Crippen molar-refractivity contribution in [1.82, 2.24) is 10.6 Å². The Kier molecular flexibility index (Phi) is 18.4. The van der Waals surface area contributed by atoms with Crippen LogP contribution in [0.4, 0.5) is 0 Å². The third-order valence-corrected chi connectivity index (χ3v) is 7.41. The van der Waals surface area contributed by atoms with Gasteiger partial charge in [-0.25, -0.2) is 19.2 Å². The van der Waals surface area contributed by atoms with E-state index in [1.54, 1.807) is 0 Å². The topological polar surface area (TPSA) is 325 Å². The number of fused-ring (bicyclic) bond motifs is 2. The summed E-state index contributed by atoms with van der Waals surface area (Å²) in [6.07, 6.45) is -5.50. The molecule has 2 aliphatic carbocycles. The highest BCUT2D eigenvalue weighted by atomic mass is 16.7. The van der Waals surface area contributed by atoms with E-state index in [4.69, 9.17) is 30.6 Å². The highest BCUT2D eigenvalue weighted by molar-refractivity contribution is 5.85. The van der Waals surface area contributed by atoms with Crippen molar-refractivity contribution in [2.24, 2.45) is 11.8 Å². The van der Waals surface area contributed by atoms with Crippen LogP contribution in [0, 0.1) is 0 Å². The molecule has 4 rings (SSSR count). The minimum absolute atomic E-state index is 0.116. The summed E-state index contributed by atoms with van der Waals surface area (Å²) >= 11 is 0. The summed E-state index contributed by atoms with van der Waals surface area (Å²) in [5, 5.41) is 75.8. The number of carbonyl (C=O) groups is 4. The van der Waals surface area contributed by atoms with E-state index in [0.717, 1.165) is 25.7 Å². The molecule has 0 amide bonds. The number of aliphatic carboxylic acids is 2. The fourth-order valence-corrected chi connectivity index (χ4v) is 4.85. The highest BCUT2D eigenvalue weighted by Gasteiger charge is 2.33. The van der Waals surface area contributed by atoms with E-state index in [9.17, 15) is 29.4 Å². The van der Waals surface area contributed by atoms with Gasteiger partial charge >= 0.3 is 23.9 Å². The van der Waals surface area contributed by atoms with Crippen molar-refractivity contribution in [3.8, 4) is 0 Å². The van der Waals surface area contributed by atoms with E-state index in [1.165, 1.54) is 22.3 Å². The number of nitrogens with one attached hydrogen (secondary N) is 2. The molecule has 18 nitrogen and oxygen atoms in total. The monoisotopic (exact) mass is 684 g/mol. The van der Waals surface area contributed by atoms with E-state index >= 15 is 0 Å². The summed E-state index contributed by atoms with van der Waals surface area (Å²) in [7, 11) is 3.80. The molecule has 14 N–H and O–H groups in total. The number of hydrogen-bond donors (Lipinski definition) is 12. The fourth-order valence-electron chi connectivity index (χ4n) is 4.85. The van der Waals surface area contributed by atoms with Crippen molar-refractivity contribution in [3.63, 3.8) is 0 Å². The zero-order valence-corrected chi connectivity index (χ0v) is 26.2. The van der Waals surface area contributed by atoms with Gasteiger partial charge in [-0.2, -0.15) is 11.8 Å². The van der Waals surface area contributed by atoms with Gasteiger partial charge in [-0.05, 0) is 62.0 Å². The first-order valence-electron chi connectivity index (χ1n) is 14.5. The van der Waals surface area contributed by atoms with Gasteiger partial charge < -0.3 is 61.2 Å². The number of carboxylic acid groups (broad SMARTS) is 2. The molecule has 48 heavy (non-hydrogen) atoms. The zero-order chi connectivity index (χ0) is 36.6. The summed E-state index contributed by atoms with van der Waals surface area (Å²) in [6.45, 7) is 0. The molecule has 0 heterocycles. The van der Waals surface area contributed by atoms with E-state index < -0.39 is 48.3 Å². The van der Waals surface area contributed by atoms with E-state index in [-0.39, 0.29) is 24.3 Å². The molecule has 0 fully saturated rings. The third-order valence-electron chi connectivity index (χ3n) is 7.41. The Balaban J connectivity index is 0.000000322. The molecule has 18 heteroatoms. The van der Waals surface area contributed by atoms with Gasteiger partial charge in [0.15, 0.2) is 24.4 Å². The van der Waals surface area contributed by atoms with Crippen LogP contribution < -0.4 is 22.4 Å². The molecule has 0 saturated heterocycles. The Morgan fingerprint density at radius 1 is 0.646 bits per heavy atom. The summed E-state index contributed by atoms with van der Waals surface area (Å²) in [5.41, 5.74) is 5.24. The van der Waals surface area contributed by atoms with Crippen molar-refractivity contribution in [2.75, 3.05) is 14.1 Å². The Bertz CT molecular complexity index is 1230. The van der Waals surface area contributed by atoms with Gasteiger partial charge in [0.1, 0.15) is 0 Å². The Morgan fingerprint density at radius 2 is 0.958 bits per heavy atom. The van der Waals surface area contributed by atoms with Crippen LogP contribution in [0.15, 0.2) is 48.5 Å². The molecule has 0 bridgehead atoms. The first-order chi connectivity index (χ1) is 22.7. The average molecular weight is 685 g/mol. The number of aliphatic hydroxyl groups is 6. The molecular weight excluding hydrogens is 640 g/mol. The van der Waals surface area contributed by atoms with Crippen LogP contribution in [0.3, 0.4) is 0 Å². The second-order valence-corrected chi connectivity index (χ2v) is 10.5. The van der Waals surface area contributed by atoms with Crippen LogP contribution in [-0.4, -0.2) is 115 Å². The van der Waals surface area contributed by atoms with Crippen molar-refractivity contribution in [2.45, 2.75) is 74.4 Å². The predicted molar refractivity (Wildman–Crippen MR) is 165 cm³/mol. The normalized spacial score (nSPS) is 21.5. The molecular formula is C30H44N4O14. The summed E-state index contributed by atoms with van der Waals surface area (Å²) < 4.78 is 0. The molecule has 0 aromatic heterocycles. The van der Waals surface area contributed by atoms with Gasteiger partial charge in [-0.15, -0.1) is 0 Å². The van der Waals surface area contributed by atoms with Gasteiger partial charge in [-0.1, -0.05) is 48.5 Å². The lowest BCUT2D eigenvalue weighted by Gasteiger charge is -2.29. The van der Waals surface area contributed by atoms with Gasteiger partial charge in [0.25, 0.3) is 0 Å². The molecule has 0 saturated carbocycles. The summed E-state index contributed by atoms with van der Waals surface area (Å²) in [5.74, 6) is 2.42.